The van der Waals surface area contributed by atoms with Crippen molar-refractivity contribution in [2.24, 2.45) is 5.92 Å². The molecule has 3 rings (SSSR count). The number of rotatable bonds is 6. The number of ether oxygens (including phenoxy) is 1. The minimum absolute atomic E-state index is 0.197. The largest absolute Gasteiger partial charge is 0.377 e. The molecule has 0 N–H and O–H groups in total. The maximum Gasteiger partial charge on any atom is 0.129 e. The molecule has 1 nitrogen and oxygen atoms in total. The van der Waals surface area contributed by atoms with E-state index in [1.807, 2.05) is 19.1 Å². The molecule has 2 heteroatoms. The molecule has 0 saturated heterocycles. The molecule has 2 aromatic carbocycles. The molecular weight excluding hydrogens is 311 g/mol. The fourth-order valence-corrected chi connectivity index (χ4v) is 3.69. The van der Waals surface area contributed by atoms with Gasteiger partial charge in [-0.05, 0) is 67.2 Å². The molecule has 1 aliphatic carbocycles. The average Bonchev–Trinajstić information content (AvgIpc) is 2.67. The standard InChI is InChI=1S/C23H27FO/c1-3-17-5-7-18(8-6-17)19-9-11-20(12-10-19)21-13-14-22(16-25-4-2)23(24)15-21/h3,9-15,17-18H,1,4-8,16H2,2H3. The minimum atomic E-state index is -0.197. The van der Waals surface area contributed by atoms with Gasteiger partial charge in [0.05, 0.1) is 6.61 Å². The van der Waals surface area contributed by atoms with E-state index in [4.69, 9.17) is 4.74 Å². The first-order chi connectivity index (χ1) is 12.2. The quantitative estimate of drug-likeness (QED) is 0.547. The molecule has 0 aliphatic heterocycles. The first-order valence-electron chi connectivity index (χ1n) is 9.30. The second kappa shape index (κ2) is 8.44. The molecule has 0 unspecified atom stereocenters. The third kappa shape index (κ3) is 4.38. The third-order valence-electron chi connectivity index (χ3n) is 5.34. The first kappa shape index (κ1) is 17.9. The van der Waals surface area contributed by atoms with Gasteiger partial charge in [-0.25, -0.2) is 4.39 Å². The van der Waals surface area contributed by atoms with Crippen LogP contribution in [0.15, 0.2) is 55.1 Å². The van der Waals surface area contributed by atoms with Crippen molar-refractivity contribution in [3.8, 4) is 11.1 Å². The molecule has 0 bridgehead atoms. The van der Waals surface area contributed by atoms with Crippen LogP contribution in [0.25, 0.3) is 11.1 Å². The molecule has 0 amide bonds. The normalized spacial score (nSPS) is 20.4. The van der Waals surface area contributed by atoms with Crippen molar-refractivity contribution in [2.75, 3.05) is 6.61 Å². The molecule has 25 heavy (non-hydrogen) atoms. The summed E-state index contributed by atoms with van der Waals surface area (Å²) in [6.45, 7) is 6.76. The monoisotopic (exact) mass is 338 g/mol. The maximum absolute atomic E-state index is 14.2. The number of halogens is 1. The lowest BCUT2D eigenvalue weighted by atomic mass is 9.78. The molecule has 132 valence electrons. The van der Waals surface area contributed by atoms with Gasteiger partial charge < -0.3 is 4.74 Å². The molecule has 1 aliphatic rings. The van der Waals surface area contributed by atoms with Crippen molar-refractivity contribution in [1.82, 2.24) is 0 Å². The maximum atomic E-state index is 14.2. The predicted molar refractivity (Wildman–Crippen MR) is 102 cm³/mol. The van der Waals surface area contributed by atoms with Gasteiger partial charge in [-0.2, -0.15) is 0 Å². The number of allylic oxidation sites excluding steroid dienone is 1. The highest BCUT2D eigenvalue weighted by Crippen LogP contribution is 2.36. The smallest absolute Gasteiger partial charge is 0.129 e. The Morgan fingerprint density at radius 2 is 1.72 bits per heavy atom. The zero-order chi connectivity index (χ0) is 17.6. The average molecular weight is 338 g/mol. The molecule has 0 atom stereocenters. The summed E-state index contributed by atoms with van der Waals surface area (Å²) in [6.07, 6.45) is 7.04. The van der Waals surface area contributed by atoms with E-state index >= 15 is 0 Å². The van der Waals surface area contributed by atoms with E-state index in [-0.39, 0.29) is 5.82 Å². The van der Waals surface area contributed by atoms with Gasteiger partial charge >= 0.3 is 0 Å². The first-order valence-corrected chi connectivity index (χ1v) is 9.30. The van der Waals surface area contributed by atoms with Crippen molar-refractivity contribution >= 4 is 0 Å². The summed E-state index contributed by atoms with van der Waals surface area (Å²) in [6, 6.07) is 14.1. The molecular formula is C23H27FO. The van der Waals surface area contributed by atoms with Gasteiger partial charge in [0.25, 0.3) is 0 Å². The summed E-state index contributed by atoms with van der Waals surface area (Å²) in [4.78, 5) is 0. The fraction of sp³-hybridized carbons (Fsp3) is 0.391. The molecule has 1 fully saturated rings. The van der Waals surface area contributed by atoms with E-state index in [1.165, 1.54) is 31.2 Å². The lowest BCUT2D eigenvalue weighted by Crippen LogP contribution is -2.11. The Kier molecular flexibility index (Phi) is 6.04. The van der Waals surface area contributed by atoms with Crippen LogP contribution in [0, 0.1) is 11.7 Å². The van der Waals surface area contributed by atoms with Gasteiger partial charge in [-0.3, -0.25) is 0 Å². The van der Waals surface area contributed by atoms with Gasteiger partial charge in [0, 0.05) is 12.2 Å². The van der Waals surface area contributed by atoms with Crippen LogP contribution in [0.4, 0.5) is 4.39 Å². The molecule has 0 aromatic heterocycles. The Bertz CT molecular complexity index is 697. The highest BCUT2D eigenvalue weighted by Gasteiger charge is 2.20. The van der Waals surface area contributed by atoms with Crippen LogP contribution < -0.4 is 0 Å². The molecule has 0 spiro atoms. The van der Waals surface area contributed by atoms with Gasteiger partial charge in [0.1, 0.15) is 5.82 Å². The van der Waals surface area contributed by atoms with Crippen molar-refractivity contribution in [3.05, 3.63) is 72.1 Å². The summed E-state index contributed by atoms with van der Waals surface area (Å²) in [5, 5.41) is 0. The SMILES string of the molecule is C=CC1CCC(c2ccc(-c3ccc(COCC)c(F)c3)cc2)CC1. The molecule has 1 saturated carbocycles. The lowest BCUT2D eigenvalue weighted by molar-refractivity contribution is 0.131. The Balaban J connectivity index is 1.70. The number of hydrogen-bond donors (Lipinski definition) is 0. The van der Waals surface area contributed by atoms with Gasteiger partial charge in [-0.1, -0.05) is 42.5 Å². The van der Waals surface area contributed by atoms with Gasteiger partial charge in [0.2, 0.25) is 0 Å². The molecule has 2 aromatic rings. The van der Waals surface area contributed by atoms with E-state index in [1.54, 1.807) is 6.07 Å². The van der Waals surface area contributed by atoms with E-state index in [0.29, 0.717) is 30.6 Å². The van der Waals surface area contributed by atoms with Crippen LogP contribution in [0.3, 0.4) is 0 Å². The molecule has 0 heterocycles. The van der Waals surface area contributed by atoms with Crippen molar-refractivity contribution < 1.29 is 9.13 Å². The number of benzene rings is 2. The van der Waals surface area contributed by atoms with Crippen LogP contribution in [-0.4, -0.2) is 6.61 Å². The van der Waals surface area contributed by atoms with Crippen molar-refractivity contribution in [1.29, 1.82) is 0 Å². The lowest BCUT2D eigenvalue weighted by Gasteiger charge is -2.27. The Labute approximate surface area is 150 Å². The summed E-state index contributed by atoms with van der Waals surface area (Å²) >= 11 is 0. The Morgan fingerprint density at radius 1 is 1.04 bits per heavy atom. The highest BCUT2D eigenvalue weighted by atomic mass is 19.1. The van der Waals surface area contributed by atoms with E-state index in [9.17, 15) is 4.39 Å². The second-order valence-electron chi connectivity index (χ2n) is 6.91. The molecule has 0 radical (unpaired) electrons. The van der Waals surface area contributed by atoms with E-state index < -0.39 is 0 Å². The van der Waals surface area contributed by atoms with Gasteiger partial charge in [-0.15, -0.1) is 6.58 Å². The van der Waals surface area contributed by atoms with Crippen molar-refractivity contribution in [2.45, 2.75) is 45.1 Å². The van der Waals surface area contributed by atoms with Crippen LogP contribution >= 0.6 is 0 Å². The predicted octanol–water partition coefficient (Wildman–Crippen LogP) is 6.49. The Hall–Kier alpha value is -1.93. The van der Waals surface area contributed by atoms with Crippen molar-refractivity contribution in [3.63, 3.8) is 0 Å². The summed E-state index contributed by atoms with van der Waals surface area (Å²) < 4.78 is 19.5. The summed E-state index contributed by atoms with van der Waals surface area (Å²) in [7, 11) is 0. The summed E-state index contributed by atoms with van der Waals surface area (Å²) in [5.41, 5.74) is 3.99. The van der Waals surface area contributed by atoms with Crippen LogP contribution in [-0.2, 0) is 11.3 Å². The van der Waals surface area contributed by atoms with Crippen LogP contribution in [0.1, 0.15) is 49.7 Å². The summed E-state index contributed by atoms with van der Waals surface area (Å²) in [5.74, 6) is 1.14. The fourth-order valence-electron chi connectivity index (χ4n) is 3.69. The minimum Gasteiger partial charge on any atom is -0.377 e. The zero-order valence-corrected chi connectivity index (χ0v) is 15.0. The van der Waals surface area contributed by atoms with E-state index in [0.717, 1.165) is 11.1 Å². The third-order valence-corrected chi connectivity index (χ3v) is 5.34. The van der Waals surface area contributed by atoms with Gasteiger partial charge in [0.15, 0.2) is 0 Å². The number of hydrogen-bond acceptors (Lipinski definition) is 1. The second-order valence-corrected chi connectivity index (χ2v) is 6.91. The highest BCUT2D eigenvalue weighted by molar-refractivity contribution is 5.64. The van der Waals surface area contributed by atoms with Crippen LogP contribution in [0.2, 0.25) is 0 Å². The van der Waals surface area contributed by atoms with Crippen LogP contribution in [0.5, 0.6) is 0 Å². The topological polar surface area (TPSA) is 9.23 Å². The Morgan fingerprint density at radius 3 is 2.32 bits per heavy atom. The zero-order valence-electron chi connectivity index (χ0n) is 15.0. The van der Waals surface area contributed by atoms with E-state index in [2.05, 4.69) is 36.9 Å².